The van der Waals surface area contributed by atoms with Gasteiger partial charge in [-0.25, -0.2) is 13.6 Å². The Hall–Kier alpha value is -3.04. The van der Waals surface area contributed by atoms with E-state index in [4.69, 9.17) is 9.66 Å². The van der Waals surface area contributed by atoms with Gasteiger partial charge in [-0.15, -0.1) is 0 Å². The molecule has 0 aliphatic rings. The maximum absolute atomic E-state index is 11.8. The number of aryl methyl sites for hydroxylation is 2. The van der Waals surface area contributed by atoms with E-state index in [9.17, 15) is 8.42 Å². The SMILES string of the molecule is Cc1cc(-c2nc(-c3ccc4cnn(C)c4c3)no2)cc(S(N)(=O)=O)c1C. The molecule has 0 atom stereocenters. The number of nitrogens with zero attached hydrogens (tertiary/aromatic N) is 4. The van der Waals surface area contributed by atoms with Gasteiger partial charge in [0.05, 0.1) is 16.6 Å². The minimum atomic E-state index is -3.85. The molecule has 138 valence electrons. The third-order valence-corrected chi connectivity index (χ3v) is 5.64. The summed E-state index contributed by atoms with van der Waals surface area (Å²) in [5.74, 6) is 0.631. The lowest BCUT2D eigenvalue weighted by Gasteiger charge is -2.08. The molecule has 4 rings (SSSR count). The lowest BCUT2D eigenvalue weighted by Crippen LogP contribution is -2.14. The first-order valence-corrected chi connectivity index (χ1v) is 9.69. The van der Waals surface area contributed by atoms with Crippen molar-refractivity contribution in [2.45, 2.75) is 18.7 Å². The summed E-state index contributed by atoms with van der Waals surface area (Å²) in [6.45, 7) is 3.52. The average molecular weight is 383 g/mol. The lowest BCUT2D eigenvalue weighted by atomic mass is 10.1. The average Bonchev–Trinajstić information content (AvgIpc) is 3.23. The van der Waals surface area contributed by atoms with Crippen molar-refractivity contribution in [3.8, 4) is 22.8 Å². The molecule has 0 radical (unpaired) electrons. The molecule has 2 N–H and O–H groups in total. The monoisotopic (exact) mass is 383 g/mol. The quantitative estimate of drug-likeness (QED) is 0.581. The van der Waals surface area contributed by atoms with E-state index in [-0.39, 0.29) is 10.8 Å². The van der Waals surface area contributed by atoms with Crippen LogP contribution in [0.15, 0.2) is 45.9 Å². The Kier molecular flexibility index (Phi) is 3.86. The van der Waals surface area contributed by atoms with Crippen molar-refractivity contribution in [2.75, 3.05) is 0 Å². The van der Waals surface area contributed by atoms with Crippen LogP contribution in [-0.2, 0) is 17.1 Å². The minimum absolute atomic E-state index is 0.0496. The Morgan fingerprint density at radius 3 is 2.63 bits per heavy atom. The van der Waals surface area contributed by atoms with E-state index < -0.39 is 10.0 Å². The molecule has 9 heteroatoms. The summed E-state index contributed by atoms with van der Waals surface area (Å²) in [6.07, 6.45) is 1.78. The maximum atomic E-state index is 11.8. The standard InChI is InChI=1S/C18H17N5O3S/c1-10-6-14(8-16(11(10)2)27(19,24)25)18-21-17(22-26-18)12-4-5-13-9-20-23(3)15(13)7-12/h4-9H,1-3H3,(H2,19,24,25). The molecule has 0 unspecified atom stereocenters. The molecule has 27 heavy (non-hydrogen) atoms. The first-order valence-electron chi connectivity index (χ1n) is 8.14. The molecule has 0 saturated carbocycles. The Balaban J connectivity index is 1.80. The second-order valence-corrected chi connectivity index (χ2v) is 7.96. The highest BCUT2D eigenvalue weighted by Gasteiger charge is 2.18. The van der Waals surface area contributed by atoms with E-state index in [2.05, 4.69) is 15.2 Å². The van der Waals surface area contributed by atoms with Crippen molar-refractivity contribution in [2.24, 2.45) is 12.2 Å². The van der Waals surface area contributed by atoms with Crippen molar-refractivity contribution in [3.63, 3.8) is 0 Å². The van der Waals surface area contributed by atoms with Gasteiger partial charge < -0.3 is 4.52 Å². The van der Waals surface area contributed by atoms with E-state index in [0.717, 1.165) is 22.0 Å². The van der Waals surface area contributed by atoms with Gasteiger partial charge in [-0.3, -0.25) is 4.68 Å². The smallest absolute Gasteiger partial charge is 0.258 e. The van der Waals surface area contributed by atoms with E-state index >= 15 is 0 Å². The van der Waals surface area contributed by atoms with Gasteiger partial charge in [0.25, 0.3) is 5.89 Å². The molecule has 0 bridgehead atoms. The van der Waals surface area contributed by atoms with Gasteiger partial charge in [0.15, 0.2) is 0 Å². The number of fused-ring (bicyclic) bond motifs is 1. The summed E-state index contributed by atoms with van der Waals surface area (Å²) in [5.41, 5.74) is 3.59. The molecule has 0 spiro atoms. The van der Waals surface area contributed by atoms with Gasteiger partial charge in [0.2, 0.25) is 15.8 Å². The summed E-state index contributed by atoms with van der Waals surface area (Å²) in [7, 11) is -2.00. The van der Waals surface area contributed by atoms with Crippen molar-refractivity contribution in [1.82, 2.24) is 19.9 Å². The number of hydrogen-bond acceptors (Lipinski definition) is 6. The molecule has 0 fully saturated rings. The highest BCUT2D eigenvalue weighted by atomic mass is 32.2. The van der Waals surface area contributed by atoms with Gasteiger partial charge in [0.1, 0.15) is 0 Å². The normalized spacial score (nSPS) is 12.0. The second kappa shape index (κ2) is 6.00. The molecular formula is C18H17N5O3S. The van der Waals surface area contributed by atoms with E-state index in [1.807, 2.05) is 25.2 Å². The maximum Gasteiger partial charge on any atom is 0.258 e. The summed E-state index contributed by atoms with van der Waals surface area (Å²) in [5, 5.41) is 14.6. The zero-order chi connectivity index (χ0) is 19.3. The van der Waals surface area contributed by atoms with Crippen LogP contribution in [0.3, 0.4) is 0 Å². The third kappa shape index (κ3) is 3.00. The van der Waals surface area contributed by atoms with Crippen molar-refractivity contribution in [1.29, 1.82) is 0 Å². The van der Waals surface area contributed by atoms with Gasteiger partial charge in [-0.1, -0.05) is 17.3 Å². The number of hydrogen-bond donors (Lipinski definition) is 1. The Morgan fingerprint density at radius 2 is 1.89 bits per heavy atom. The fourth-order valence-electron chi connectivity index (χ4n) is 2.99. The third-order valence-electron chi connectivity index (χ3n) is 4.61. The first-order chi connectivity index (χ1) is 12.7. The fraction of sp³-hybridized carbons (Fsp3) is 0.167. The predicted molar refractivity (Wildman–Crippen MR) is 100 cm³/mol. The van der Waals surface area contributed by atoms with E-state index in [0.29, 0.717) is 17.0 Å². The molecular weight excluding hydrogens is 366 g/mol. The molecule has 2 aromatic heterocycles. The highest BCUT2D eigenvalue weighted by Crippen LogP contribution is 2.29. The number of rotatable bonds is 3. The fourth-order valence-corrected chi connectivity index (χ4v) is 3.87. The van der Waals surface area contributed by atoms with Crippen LogP contribution in [0.4, 0.5) is 0 Å². The molecule has 0 amide bonds. The van der Waals surface area contributed by atoms with Crippen molar-refractivity contribution in [3.05, 3.63) is 47.7 Å². The number of benzene rings is 2. The topological polar surface area (TPSA) is 117 Å². The Bertz CT molecular complexity index is 1290. The highest BCUT2D eigenvalue weighted by molar-refractivity contribution is 7.89. The molecule has 0 aliphatic heterocycles. The van der Waals surface area contributed by atoms with Crippen LogP contribution in [0.2, 0.25) is 0 Å². The molecule has 4 aromatic rings. The van der Waals surface area contributed by atoms with Crippen molar-refractivity contribution >= 4 is 20.9 Å². The Morgan fingerprint density at radius 1 is 1.11 bits per heavy atom. The number of primary sulfonamides is 1. The predicted octanol–water partition coefficient (Wildman–Crippen LogP) is 2.55. The van der Waals surface area contributed by atoms with E-state index in [1.165, 1.54) is 6.07 Å². The molecule has 2 aromatic carbocycles. The van der Waals surface area contributed by atoms with Gasteiger partial charge in [0, 0.05) is 23.6 Å². The largest absolute Gasteiger partial charge is 0.334 e. The summed E-state index contributed by atoms with van der Waals surface area (Å²) in [6, 6.07) is 9.00. The van der Waals surface area contributed by atoms with Crippen LogP contribution in [0, 0.1) is 13.8 Å². The minimum Gasteiger partial charge on any atom is -0.334 e. The number of sulfonamides is 1. The molecule has 8 nitrogen and oxygen atoms in total. The van der Waals surface area contributed by atoms with Crippen LogP contribution in [-0.4, -0.2) is 28.3 Å². The zero-order valence-electron chi connectivity index (χ0n) is 15.0. The molecule has 0 saturated heterocycles. The van der Waals surface area contributed by atoms with Crippen LogP contribution in [0.1, 0.15) is 11.1 Å². The first kappa shape index (κ1) is 17.4. The van der Waals surface area contributed by atoms with Gasteiger partial charge in [-0.05, 0) is 43.2 Å². The van der Waals surface area contributed by atoms with Crippen LogP contribution >= 0.6 is 0 Å². The van der Waals surface area contributed by atoms with E-state index in [1.54, 1.807) is 30.8 Å². The number of nitrogens with two attached hydrogens (primary N) is 1. The second-order valence-electron chi connectivity index (χ2n) is 6.43. The van der Waals surface area contributed by atoms with Crippen LogP contribution in [0.25, 0.3) is 33.7 Å². The molecule has 0 aliphatic carbocycles. The summed E-state index contributed by atoms with van der Waals surface area (Å²) >= 11 is 0. The zero-order valence-corrected chi connectivity index (χ0v) is 15.8. The van der Waals surface area contributed by atoms with Crippen LogP contribution < -0.4 is 5.14 Å². The summed E-state index contributed by atoms with van der Waals surface area (Å²) in [4.78, 5) is 4.47. The Labute approximate surface area is 155 Å². The lowest BCUT2D eigenvalue weighted by molar-refractivity contribution is 0.432. The number of aromatic nitrogens is 4. The van der Waals surface area contributed by atoms with Crippen molar-refractivity contribution < 1.29 is 12.9 Å². The van der Waals surface area contributed by atoms with Gasteiger partial charge >= 0.3 is 0 Å². The van der Waals surface area contributed by atoms with Gasteiger partial charge in [-0.2, -0.15) is 10.1 Å². The molecule has 2 heterocycles. The summed E-state index contributed by atoms with van der Waals surface area (Å²) < 4.78 is 30.8. The van der Waals surface area contributed by atoms with Crippen LogP contribution in [0.5, 0.6) is 0 Å².